The fraction of sp³-hybridized carbons (Fsp3) is 0.452. The number of aryl methyl sites for hydroxylation is 2. The molecule has 1 saturated heterocycles. The number of nitrogens with two attached hydrogens (primary N) is 1. The molecule has 0 bridgehead atoms. The molecule has 50 heavy (non-hydrogen) atoms. The zero-order valence-corrected chi connectivity index (χ0v) is 27.2. The Labute approximate surface area is 288 Å². The highest BCUT2D eigenvalue weighted by molar-refractivity contribution is 7.80. The van der Waals surface area contributed by atoms with Crippen molar-refractivity contribution < 1.29 is 54.2 Å². The van der Waals surface area contributed by atoms with E-state index < -0.39 is 96.7 Å². The quantitative estimate of drug-likeness (QED) is 0.0576. The predicted octanol–water partition coefficient (Wildman–Crippen LogP) is -1.35. The number of nitrogens with one attached hydrogen (secondary N) is 2. The van der Waals surface area contributed by atoms with Gasteiger partial charge in [-0.1, -0.05) is 24.3 Å². The number of ketones is 2. The summed E-state index contributed by atoms with van der Waals surface area (Å²) in [7, 11) is 0. The molecule has 0 aliphatic carbocycles. The second kappa shape index (κ2) is 16.7. The molecule has 1 aliphatic heterocycles. The lowest BCUT2D eigenvalue weighted by atomic mass is 9.92. The van der Waals surface area contributed by atoms with Crippen molar-refractivity contribution >= 4 is 59.2 Å². The standard InChI is InChI=1S/C31H36N6O12S/c32-31-36-26-22(27(43)37-31)34-17(11-33-26)7-3-13-1-4-14(5-2-13)18(38)9-15(28(44)45)6-8-20(40)35-21(19(39)10-16(12-50)29(46)47)25-23(41)24(42)30(48)49-25/h1-2,4-5,11,15-16,21,23-25,30,41-42,48,50H,3,6-10,12H2,(H,35,40)(H,44,45)(H,46,47)(H3,32,33,36,37,43)/t15-,16+,21+,23-,24-,25?,30+/m1/s1. The molecule has 19 heteroatoms. The van der Waals surface area contributed by atoms with Crippen molar-refractivity contribution in [3.8, 4) is 0 Å². The number of nitrogens with zero attached hydrogens (tertiary/aromatic N) is 3. The van der Waals surface area contributed by atoms with Crippen LogP contribution in [0.2, 0.25) is 0 Å². The number of aliphatic hydroxyl groups excluding tert-OH is 3. The van der Waals surface area contributed by atoms with E-state index in [0.29, 0.717) is 18.5 Å². The summed E-state index contributed by atoms with van der Waals surface area (Å²) in [4.78, 5) is 89.1. The van der Waals surface area contributed by atoms with Crippen LogP contribution < -0.4 is 16.6 Å². The van der Waals surface area contributed by atoms with Crippen LogP contribution in [0.5, 0.6) is 0 Å². The highest BCUT2D eigenvalue weighted by atomic mass is 32.1. The number of rotatable bonds is 17. The number of ether oxygens (including phenoxy) is 1. The minimum absolute atomic E-state index is 0.0517. The Morgan fingerprint density at radius 2 is 1.64 bits per heavy atom. The van der Waals surface area contributed by atoms with Crippen LogP contribution in [0.15, 0.2) is 35.3 Å². The summed E-state index contributed by atoms with van der Waals surface area (Å²) < 4.78 is 5.07. The Bertz CT molecular complexity index is 1800. The number of carboxylic acids is 2. The average Bonchev–Trinajstić information content (AvgIpc) is 3.33. The number of thiol groups is 1. The lowest BCUT2D eigenvalue weighted by Crippen LogP contribution is -2.53. The first-order valence-corrected chi connectivity index (χ1v) is 16.0. The second-order valence-electron chi connectivity index (χ2n) is 11.8. The van der Waals surface area contributed by atoms with E-state index >= 15 is 0 Å². The number of anilines is 1. The van der Waals surface area contributed by atoms with Crippen molar-refractivity contribution in [3.05, 3.63) is 57.6 Å². The van der Waals surface area contributed by atoms with Crippen LogP contribution >= 0.6 is 12.6 Å². The highest BCUT2D eigenvalue weighted by Gasteiger charge is 2.48. The summed E-state index contributed by atoms with van der Waals surface area (Å²) in [5.41, 5.74) is 6.77. The molecule has 2 aromatic heterocycles. The zero-order valence-electron chi connectivity index (χ0n) is 26.3. The maximum absolute atomic E-state index is 13.0. The van der Waals surface area contributed by atoms with Crippen LogP contribution in [0, 0.1) is 11.8 Å². The number of carbonyl (C=O) groups excluding carboxylic acids is 3. The topological polar surface area (TPSA) is 305 Å². The smallest absolute Gasteiger partial charge is 0.307 e. The number of carboxylic acid groups (broad SMARTS) is 2. The molecule has 3 heterocycles. The first-order valence-electron chi connectivity index (χ1n) is 15.4. The molecular weight excluding hydrogens is 680 g/mol. The fourth-order valence-corrected chi connectivity index (χ4v) is 5.62. The molecule has 0 spiro atoms. The summed E-state index contributed by atoms with van der Waals surface area (Å²) in [6.07, 6.45) is -6.64. The molecule has 1 aromatic carbocycles. The molecule has 0 radical (unpaired) electrons. The number of hydrogen-bond acceptors (Lipinski definition) is 15. The third-order valence-corrected chi connectivity index (χ3v) is 8.66. The third-order valence-electron chi connectivity index (χ3n) is 8.22. The van der Waals surface area contributed by atoms with Gasteiger partial charge in [-0.05, 0) is 24.8 Å². The van der Waals surface area contributed by atoms with E-state index in [1.165, 1.54) is 18.3 Å². The van der Waals surface area contributed by atoms with Crippen LogP contribution in [-0.2, 0) is 36.8 Å². The molecule has 3 aromatic rings. The number of aromatic nitrogens is 4. The SMILES string of the molecule is Nc1nc2ncc(CCc3ccc(C(=O)C[C@@H](CCC(=O)N[C@@H](C(=O)C[C@@H](CS)C(=O)O)C4O[C@H](O)[C@H](O)[C@H]4O)C(=O)O)cc3)nc2c(=O)[nH]1. The molecule has 1 fully saturated rings. The fourth-order valence-electron chi connectivity index (χ4n) is 5.33. The first-order chi connectivity index (χ1) is 23.7. The van der Waals surface area contributed by atoms with Gasteiger partial charge >= 0.3 is 11.9 Å². The monoisotopic (exact) mass is 716 g/mol. The maximum Gasteiger partial charge on any atom is 0.307 e. The van der Waals surface area contributed by atoms with Crippen LogP contribution in [0.3, 0.4) is 0 Å². The Kier molecular flexibility index (Phi) is 12.7. The van der Waals surface area contributed by atoms with Gasteiger partial charge in [-0.25, -0.2) is 9.97 Å². The van der Waals surface area contributed by atoms with Gasteiger partial charge in [0.25, 0.3) is 5.56 Å². The van der Waals surface area contributed by atoms with Gasteiger partial charge in [0.05, 0.1) is 23.7 Å². The van der Waals surface area contributed by atoms with Gasteiger partial charge in [0.1, 0.15) is 24.4 Å². The van der Waals surface area contributed by atoms with Crippen molar-refractivity contribution in [2.45, 2.75) is 69.2 Å². The van der Waals surface area contributed by atoms with E-state index in [1.807, 2.05) is 0 Å². The number of H-pyrrole nitrogens is 1. The number of fused-ring (bicyclic) bond motifs is 1. The van der Waals surface area contributed by atoms with Gasteiger partial charge in [-0.3, -0.25) is 33.8 Å². The average molecular weight is 717 g/mol. The van der Waals surface area contributed by atoms with Crippen LogP contribution in [-0.4, -0.2) is 111 Å². The van der Waals surface area contributed by atoms with Crippen molar-refractivity contribution in [2.75, 3.05) is 11.5 Å². The molecule has 1 amide bonds. The van der Waals surface area contributed by atoms with E-state index in [0.717, 1.165) is 5.56 Å². The van der Waals surface area contributed by atoms with Gasteiger partial charge in [-0.15, -0.1) is 0 Å². The molecule has 7 atom stereocenters. The minimum atomic E-state index is -1.89. The van der Waals surface area contributed by atoms with Crippen molar-refractivity contribution in [2.24, 2.45) is 11.8 Å². The molecule has 9 N–H and O–H groups in total. The van der Waals surface area contributed by atoms with E-state index in [9.17, 15) is 54.3 Å². The first kappa shape index (κ1) is 38.0. The number of aromatic amines is 1. The van der Waals surface area contributed by atoms with Crippen molar-refractivity contribution in [1.29, 1.82) is 0 Å². The van der Waals surface area contributed by atoms with Gasteiger partial charge in [0, 0.05) is 30.6 Å². The minimum Gasteiger partial charge on any atom is -0.481 e. The number of carbonyl (C=O) groups is 5. The van der Waals surface area contributed by atoms with E-state index in [4.69, 9.17) is 10.5 Å². The summed E-state index contributed by atoms with van der Waals surface area (Å²) in [5.74, 6) is -7.79. The lowest BCUT2D eigenvalue weighted by Gasteiger charge is -2.26. The molecule has 1 aliphatic rings. The normalized spacial score (nSPS) is 20.6. The number of aliphatic carboxylic acids is 2. The summed E-state index contributed by atoms with van der Waals surface area (Å²) in [6, 6.07) is 4.75. The summed E-state index contributed by atoms with van der Waals surface area (Å²) in [5, 5.41) is 51.4. The number of Topliss-reactive ketones (excluding diaryl/α,β-unsaturated/α-hetero) is 2. The van der Waals surface area contributed by atoms with Gasteiger partial charge in [-0.2, -0.15) is 17.6 Å². The largest absolute Gasteiger partial charge is 0.481 e. The van der Waals surface area contributed by atoms with E-state index in [2.05, 4.69) is 37.9 Å². The maximum atomic E-state index is 13.0. The third kappa shape index (κ3) is 9.45. The molecular formula is C31H36N6O12S. The van der Waals surface area contributed by atoms with Crippen LogP contribution in [0.4, 0.5) is 5.95 Å². The zero-order chi connectivity index (χ0) is 36.7. The number of aliphatic hydroxyl groups is 3. The number of hydrogen-bond donors (Lipinski definition) is 9. The summed E-state index contributed by atoms with van der Waals surface area (Å²) in [6.45, 7) is 0. The number of nitrogen functional groups attached to an aromatic ring is 1. The van der Waals surface area contributed by atoms with Gasteiger partial charge in [0.15, 0.2) is 29.0 Å². The molecule has 18 nitrogen and oxygen atoms in total. The van der Waals surface area contributed by atoms with Crippen LogP contribution in [0.1, 0.15) is 47.3 Å². The Morgan fingerprint density at radius 1 is 0.960 bits per heavy atom. The second-order valence-corrected chi connectivity index (χ2v) is 12.2. The van der Waals surface area contributed by atoms with Gasteiger partial charge in [0.2, 0.25) is 11.9 Å². The number of amides is 1. The Morgan fingerprint density at radius 3 is 2.24 bits per heavy atom. The van der Waals surface area contributed by atoms with Crippen molar-refractivity contribution in [1.82, 2.24) is 25.3 Å². The van der Waals surface area contributed by atoms with E-state index in [-0.39, 0.29) is 34.8 Å². The Hall–Kier alpha value is -4.82. The molecule has 0 saturated carbocycles. The predicted molar refractivity (Wildman–Crippen MR) is 175 cm³/mol. The van der Waals surface area contributed by atoms with Crippen molar-refractivity contribution in [3.63, 3.8) is 0 Å². The number of benzene rings is 1. The lowest BCUT2D eigenvalue weighted by molar-refractivity contribution is -0.149. The van der Waals surface area contributed by atoms with Gasteiger partial charge < -0.3 is 41.3 Å². The Balaban J connectivity index is 1.34. The van der Waals surface area contributed by atoms with E-state index in [1.54, 1.807) is 12.1 Å². The van der Waals surface area contributed by atoms with Crippen LogP contribution in [0.25, 0.3) is 11.2 Å². The molecule has 1 unspecified atom stereocenters. The molecule has 4 rings (SSSR count). The summed E-state index contributed by atoms with van der Waals surface area (Å²) >= 11 is 3.91. The molecule has 268 valence electrons. The highest BCUT2D eigenvalue weighted by Crippen LogP contribution is 2.25.